The summed E-state index contributed by atoms with van der Waals surface area (Å²) in [5.74, 6) is -0.542. The van der Waals surface area contributed by atoms with E-state index < -0.39 is 163 Å². The highest BCUT2D eigenvalue weighted by Gasteiger charge is 2.75. The predicted molar refractivity (Wildman–Crippen MR) is 252 cm³/mol. The van der Waals surface area contributed by atoms with E-state index in [4.69, 9.17) is 37.9 Å². The minimum atomic E-state index is -1.70. The summed E-state index contributed by atoms with van der Waals surface area (Å²) in [4.78, 5) is 0. The van der Waals surface area contributed by atoms with Gasteiger partial charge in [-0.1, -0.05) is 41.5 Å². The van der Waals surface area contributed by atoms with Crippen LogP contribution in [0.3, 0.4) is 0 Å². The zero-order valence-corrected chi connectivity index (χ0v) is 43.9. The molecule has 0 aromatic rings. The van der Waals surface area contributed by atoms with Crippen molar-refractivity contribution in [3.05, 3.63) is 0 Å². The van der Waals surface area contributed by atoms with Gasteiger partial charge in [-0.05, 0) is 129 Å². The average molecular weight is 1050 g/mol. The molecular formula is C52H88O21. The summed E-state index contributed by atoms with van der Waals surface area (Å²) in [7, 11) is 0. The van der Waals surface area contributed by atoms with Gasteiger partial charge in [-0.3, -0.25) is 0 Å². The van der Waals surface area contributed by atoms with Crippen molar-refractivity contribution in [1.82, 2.24) is 0 Å². The molecule has 5 aliphatic carbocycles. The van der Waals surface area contributed by atoms with Crippen molar-refractivity contribution in [1.29, 1.82) is 0 Å². The molecule has 4 saturated heterocycles. The van der Waals surface area contributed by atoms with Gasteiger partial charge in [0.2, 0.25) is 0 Å². The van der Waals surface area contributed by atoms with Crippen molar-refractivity contribution < 1.29 is 104 Å². The van der Waals surface area contributed by atoms with Crippen molar-refractivity contribution in [3.8, 4) is 0 Å². The molecule has 0 spiro atoms. The van der Waals surface area contributed by atoms with E-state index in [0.29, 0.717) is 32.1 Å². The molecule has 0 aromatic heterocycles. The number of fused-ring (bicyclic) bond motifs is 7. The Kier molecular flexibility index (Phi) is 15.6. The third-order valence-corrected chi connectivity index (χ3v) is 21.5. The maximum Gasteiger partial charge on any atom is 0.187 e. The normalized spacial score (nSPS) is 57.3. The average Bonchev–Trinajstić information content (AvgIpc) is 3.70. The molecule has 13 N–H and O–H groups in total. The second-order valence-corrected chi connectivity index (χ2v) is 26.0. The molecular weight excluding hydrogens is 961 g/mol. The fraction of sp³-hybridized carbons (Fsp3) is 1.00. The second-order valence-electron chi connectivity index (χ2n) is 26.0. The highest BCUT2D eigenvalue weighted by atomic mass is 16.8. The molecule has 9 fully saturated rings. The Bertz CT molecular complexity index is 1930. The molecule has 21 nitrogen and oxygen atoms in total. The quantitative estimate of drug-likeness (QED) is 0.114. The van der Waals surface area contributed by atoms with E-state index in [2.05, 4.69) is 41.5 Å². The Balaban J connectivity index is 1.01. The topological polar surface area (TPSA) is 337 Å². The van der Waals surface area contributed by atoms with Gasteiger partial charge >= 0.3 is 0 Å². The van der Waals surface area contributed by atoms with E-state index in [-0.39, 0.29) is 48.2 Å². The first-order valence-corrected chi connectivity index (χ1v) is 26.9. The van der Waals surface area contributed by atoms with Crippen LogP contribution in [0.15, 0.2) is 0 Å². The van der Waals surface area contributed by atoms with Crippen LogP contribution in [0.4, 0.5) is 0 Å². The van der Waals surface area contributed by atoms with Gasteiger partial charge in [0.25, 0.3) is 0 Å². The first kappa shape index (κ1) is 56.9. The highest BCUT2D eigenvalue weighted by Crippen LogP contribution is 2.78. The number of hydrogen-bond acceptors (Lipinski definition) is 21. The van der Waals surface area contributed by atoms with Crippen molar-refractivity contribution in [2.75, 3.05) is 19.8 Å². The lowest BCUT2D eigenvalue weighted by Crippen LogP contribution is -2.72. The molecule has 5 saturated carbocycles. The molecule has 30 atom stereocenters. The Morgan fingerprint density at radius 2 is 1.10 bits per heavy atom. The molecule has 0 amide bonds. The number of ether oxygens (including phenoxy) is 8. The molecule has 0 bridgehead atoms. The highest BCUT2D eigenvalue weighted by molar-refractivity contribution is 5.23. The van der Waals surface area contributed by atoms with E-state index in [1.54, 1.807) is 0 Å². The van der Waals surface area contributed by atoms with Crippen molar-refractivity contribution in [3.63, 3.8) is 0 Å². The summed E-state index contributed by atoms with van der Waals surface area (Å²) in [6, 6.07) is 0. The largest absolute Gasteiger partial charge is 0.394 e. The minimum absolute atomic E-state index is 0.0825. The van der Waals surface area contributed by atoms with Gasteiger partial charge in [-0.25, -0.2) is 0 Å². The van der Waals surface area contributed by atoms with Crippen molar-refractivity contribution in [2.24, 2.45) is 56.7 Å². The van der Waals surface area contributed by atoms with Crippen LogP contribution in [-0.2, 0) is 37.9 Å². The van der Waals surface area contributed by atoms with Crippen LogP contribution in [0.25, 0.3) is 0 Å². The van der Waals surface area contributed by atoms with Gasteiger partial charge in [0, 0.05) is 0 Å². The second kappa shape index (κ2) is 20.1. The molecule has 0 radical (unpaired) electrons. The lowest BCUT2D eigenvalue weighted by atomic mass is 9.31. The molecule has 73 heavy (non-hydrogen) atoms. The Hall–Kier alpha value is -0.840. The minimum Gasteiger partial charge on any atom is -0.394 e. The van der Waals surface area contributed by atoms with Crippen molar-refractivity contribution >= 4 is 0 Å². The van der Waals surface area contributed by atoms with Crippen LogP contribution in [-0.4, -0.2) is 221 Å². The maximum absolute atomic E-state index is 12.8. The summed E-state index contributed by atoms with van der Waals surface area (Å²) in [5.41, 5.74) is -3.58. The van der Waals surface area contributed by atoms with Crippen LogP contribution in [0.1, 0.15) is 114 Å². The smallest absolute Gasteiger partial charge is 0.187 e. The number of hydrogen-bond donors (Lipinski definition) is 13. The van der Waals surface area contributed by atoms with Gasteiger partial charge in [0.05, 0.1) is 49.8 Å². The van der Waals surface area contributed by atoms with E-state index in [1.165, 1.54) is 6.92 Å². The lowest BCUT2D eigenvalue weighted by molar-refractivity contribution is -0.371. The Morgan fingerprint density at radius 3 is 1.75 bits per heavy atom. The standard InChI is InChI=1S/C52H88O21/c1-21-32(57)36(61)39(64)44(68-21)72-41-34(59)25(56)20-67-46(41)71-30-13-15-50(7)29-11-10-28-49(6)14-12-22(48(4,5)73-45-40(65)37(62)35(60)27(18-53)70-45)31(49)23(54)16-51(28,8)52(29,9)17-26(42(50)47(30,2)3)69-43-38(63)33(58)24(55)19-66-43/h21-46,53-65H,10-20H2,1-9H3/t21-,22-,23+,24-,25-,26+,27-,28-,29-,30+,31-,32-,33+,34+,35-,36+,37+,38-,39-,40-,41-,42+,43+,44+,45+,46+,49-,50-,51-,52-/m1/s1. The zero-order valence-electron chi connectivity index (χ0n) is 43.9. The van der Waals surface area contributed by atoms with E-state index >= 15 is 0 Å². The van der Waals surface area contributed by atoms with E-state index in [0.717, 1.165) is 19.3 Å². The number of aliphatic hydroxyl groups excluding tert-OH is 13. The maximum atomic E-state index is 12.8. The summed E-state index contributed by atoms with van der Waals surface area (Å²) in [6.07, 6.45) is -22.5. The zero-order chi connectivity index (χ0) is 53.4. The van der Waals surface area contributed by atoms with Gasteiger partial charge < -0.3 is 104 Å². The predicted octanol–water partition coefficient (Wildman–Crippen LogP) is -1.24. The summed E-state index contributed by atoms with van der Waals surface area (Å²) >= 11 is 0. The van der Waals surface area contributed by atoms with E-state index in [9.17, 15) is 66.4 Å². The third kappa shape index (κ3) is 9.03. The lowest BCUT2D eigenvalue weighted by Gasteiger charge is -2.75. The first-order chi connectivity index (χ1) is 34.0. The van der Waals surface area contributed by atoms with Gasteiger partial charge in [0.1, 0.15) is 79.4 Å². The molecule has 0 unspecified atom stereocenters. The SMILES string of the molecule is C[C@H]1O[C@@H](O[C@H]2[C@H](O[C@H]3CC[C@]4(C)[C@H]5CC[C@@H]6[C@@]7(C)CC[C@@H](C(C)(C)O[C@@H]8O[C@H](CO)[C@@H](O)[C@H](O)[C@H]8O)[C@@H]7[C@@H](O)C[C@@]6(C)[C@]5(C)C[C@H](O[C@@H]5OC[C@@H](O)[C@H](O)[C@H]5O)[C@H]4C3(C)C)OC[C@@H](O)[C@@H]2O)[C@H](O)[C@@H](O)[C@@H]1O. The number of aliphatic hydroxyl groups is 13. The van der Waals surface area contributed by atoms with Crippen LogP contribution in [0.5, 0.6) is 0 Å². The van der Waals surface area contributed by atoms with Crippen LogP contribution in [0.2, 0.25) is 0 Å². The van der Waals surface area contributed by atoms with Crippen molar-refractivity contribution in [2.45, 2.75) is 248 Å². The third-order valence-electron chi connectivity index (χ3n) is 21.5. The fourth-order valence-electron chi connectivity index (χ4n) is 17.7. The monoisotopic (exact) mass is 1050 g/mol. The first-order valence-electron chi connectivity index (χ1n) is 26.9. The van der Waals surface area contributed by atoms with Gasteiger partial charge in [0.15, 0.2) is 25.2 Å². The van der Waals surface area contributed by atoms with Gasteiger partial charge in [-0.15, -0.1) is 0 Å². The Morgan fingerprint density at radius 1 is 0.534 bits per heavy atom. The summed E-state index contributed by atoms with van der Waals surface area (Å²) < 4.78 is 50.1. The van der Waals surface area contributed by atoms with Crippen LogP contribution >= 0.6 is 0 Å². The molecule has 21 heteroatoms. The van der Waals surface area contributed by atoms with Crippen LogP contribution < -0.4 is 0 Å². The molecule has 422 valence electrons. The summed E-state index contributed by atoms with van der Waals surface area (Å²) in [5, 5.41) is 142. The van der Waals surface area contributed by atoms with E-state index in [1.807, 2.05) is 13.8 Å². The molecule has 4 aliphatic heterocycles. The van der Waals surface area contributed by atoms with Gasteiger partial charge in [-0.2, -0.15) is 0 Å². The Labute approximate surface area is 428 Å². The molecule has 0 aromatic carbocycles. The number of rotatable bonds is 10. The molecule has 9 rings (SSSR count). The fourth-order valence-corrected chi connectivity index (χ4v) is 17.7. The summed E-state index contributed by atoms with van der Waals surface area (Å²) in [6.45, 7) is 17.6. The van der Waals surface area contributed by atoms with Crippen LogP contribution in [0, 0.1) is 56.7 Å². The molecule has 9 aliphatic rings. The molecule has 4 heterocycles.